The summed E-state index contributed by atoms with van der Waals surface area (Å²) < 4.78 is 0. The van der Waals surface area contributed by atoms with Gasteiger partial charge in [-0.05, 0) is 25.5 Å². The van der Waals surface area contributed by atoms with Crippen molar-refractivity contribution in [1.29, 1.82) is 0 Å². The van der Waals surface area contributed by atoms with Crippen molar-refractivity contribution in [3.05, 3.63) is 35.9 Å². The molecule has 1 aromatic rings. The molecule has 2 heteroatoms. The van der Waals surface area contributed by atoms with Crippen molar-refractivity contribution in [3.8, 4) is 0 Å². The monoisotopic (exact) mass is 187 g/mol. The highest BCUT2D eigenvalue weighted by Crippen LogP contribution is 2.14. The highest BCUT2D eigenvalue weighted by atomic mass is 16.1. The van der Waals surface area contributed by atoms with Gasteiger partial charge in [0.25, 0.3) is 0 Å². The minimum Gasteiger partial charge on any atom is -0.292 e. The predicted octanol–water partition coefficient (Wildman–Crippen LogP) is 2.49. The van der Waals surface area contributed by atoms with Gasteiger partial charge in [-0.25, -0.2) is 0 Å². The quantitative estimate of drug-likeness (QED) is 0.654. The molecule has 1 aromatic carbocycles. The number of carbonyl (C=O) groups excluding carboxylic acids is 1. The first-order chi connectivity index (χ1) is 6.88. The first-order valence-electron chi connectivity index (χ1n) is 4.99. The molecule has 72 valence electrons. The highest BCUT2D eigenvalue weighted by molar-refractivity contribution is 6.00. The van der Waals surface area contributed by atoms with Crippen molar-refractivity contribution in [2.75, 3.05) is 0 Å². The lowest BCUT2D eigenvalue weighted by atomic mass is 9.98. The molecule has 0 N–H and O–H groups in total. The lowest BCUT2D eigenvalue weighted by Gasteiger charge is -2.14. The SMILES string of the molecule is O=C(c1ccccc1)C1CCCC=N1. The lowest BCUT2D eigenvalue weighted by Crippen LogP contribution is -2.21. The Balaban J connectivity index is 2.16. The summed E-state index contributed by atoms with van der Waals surface area (Å²) in [6, 6.07) is 9.27. The Kier molecular flexibility index (Phi) is 2.73. The summed E-state index contributed by atoms with van der Waals surface area (Å²) in [6.07, 6.45) is 4.85. The van der Waals surface area contributed by atoms with Crippen LogP contribution in [0.25, 0.3) is 0 Å². The summed E-state index contributed by atoms with van der Waals surface area (Å²) in [5.41, 5.74) is 0.775. The third kappa shape index (κ3) is 1.90. The van der Waals surface area contributed by atoms with E-state index in [9.17, 15) is 4.79 Å². The zero-order valence-corrected chi connectivity index (χ0v) is 8.02. The fourth-order valence-electron chi connectivity index (χ4n) is 1.67. The normalized spacial score (nSPS) is 20.7. The maximum Gasteiger partial charge on any atom is 0.187 e. The summed E-state index contributed by atoms with van der Waals surface area (Å²) >= 11 is 0. The molecule has 1 aliphatic heterocycles. The van der Waals surface area contributed by atoms with Gasteiger partial charge >= 0.3 is 0 Å². The molecule has 1 unspecified atom stereocenters. The lowest BCUT2D eigenvalue weighted by molar-refractivity contribution is 0.0956. The van der Waals surface area contributed by atoms with E-state index in [0.29, 0.717) is 0 Å². The van der Waals surface area contributed by atoms with Crippen molar-refractivity contribution in [2.45, 2.75) is 25.3 Å². The molecule has 0 radical (unpaired) electrons. The molecule has 1 aliphatic rings. The molecule has 14 heavy (non-hydrogen) atoms. The number of ketones is 1. The van der Waals surface area contributed by atoms with Crippen LogP contribution >= 0.6 is 0 Å². The second kappa shape index (κ2) is 4.18. The van der Waals surface area contributed by atoms with Crippen LogP contribution in [-0.2, 0) is 0 Å². The van der Waals surface area contributed by atoms with Gasteiger partial charge < -0.3 is 0 Å². The fraction of sp³-hybridized carbons (Fsp3) is 0.333. The van der Waals surface area contributed by atoms with E-state index in [-0.39, 0.29) is 11.8 Å². The standard InChI is InChI=1S/C12H13NO/c14-12(10-6-2-1-3-7-10)11-8-4-5-9-13-11/h1-3,6-7,9,11H,4-5,8H2. The number of benzene rings is 1. The average molecular weight is 187 g/mol. The number of hydrogen-bond donors (Lipinski definition) is 0. The van der Waals surface area contributed by atoms with Crippen molar-refractivity contribution in [3.63, 3.8) is 0 Å². The zero-order chi connectivity index (χ0) is 9.80. The summed E-state index contributed by atoms with van der Waals surface area (Å²) in [5, 5.41) is 0. The van der Waals surface area contributed by atoms with E-state index in [1.54, 1.807) is 0 Å². The Labute approximate surface area is 83.7 Å². The van der Waals surface area contributed by atoms with Crippen molar-refractivity contribution in [2.24, 2.45) is 4.99 Å². The molecule has 0 spiro atoms. The van der Waals surface area contributed by atoms with Crippen LogP contribution in [0.4, 0.5) is 0 Å². The molecule has 0 bridgehead atoms. The van der Waals surface area contributed by atoms with Crippen LogP contribution in [0.3, 0.4) is 0 Å². The van der Waals surface area contributed by atoms with Crippen LogP contribution in [0.15, 0.2) is 35.3 Å². The molecule has 0 aliphatic carbocycles. The van der Waals surface area contributed by atoms with Crippen molar-refractivity contribution < 1.29 is 4.79 Å². The smallest absolute Gasteiger partial charge is 0.187 e. The van der Waals surface area contributed by atoms with Crippen LogP contribution in [0.5, 0.6) is 0 Å². The first-order valence-corrected chi connectivity index (χ1v) is 4.99. The Morgan fingerprint density at radius 1 is 1.29 bits per heavy atom. The third-order valence-electron chi connectivity index (χ3n) is 2.46. The molecular weight excluding hydrogens is 174 g/mol. The molecule has 1 heterocycles. The number of Topliss-reactive ketones (excluding diaryl/α,β-unsaturated/α-hetero) is 1. The van der Waals surface area contributed by atoms with E-state index in [2.05, 4.69) is 4.99 Å². The largest absolute Gasteiger partial charge is 0.292 e. The molecule has 1 atom stereocenters. The van der Waals surface area contributed by atoms with Crippen LogP contribution in [-0.4, -0.2) is 18.0 Å². The molecular formula is C12H13NO. The second-order valence-electron chi connectivity index (χ2n) is 3.51. The average Bonchev–Trinajstić information content (AvgIpc) is 2.30. The number of rotatable bonds is 2. The minimum absolute atomic E-state index is 0.133. The Morgan fingerprint density at radius 3 is 2.71 bits per heavy atom. The summed E-state index contributed by atoms with van der Waals surface area (Å²) in [5.74, 6) is 0.154. The first kappa shape index (κ1) is 9.13. The zero-order valence-electron chi connectivity index (χ0n) is 8.02. The molecule has 0 saturated heterocycles. The van der Waals surface area contributed by atoms with Crippen LogP contribution in [0.1, 0.15) is 29.6 Å². The molecule has 2 rings (SSSR count). The molecule has 2 nitrogen and oxygen atoms in total. The Bertz CT molecular complexity index is 343. The van der Waals surface area contributed by atoms with Crippen molar-refractivity contribution >= 4 is 12.0 Å². The fourth-order valence-corrected chi connectivity index (χ4v) is 1.67. The number of carbonyl (C=O) groups is 1. The van der Waals surface area contributed by atoms with E-state index >= 15 is 0 Å². The van der Waals surface area contributed by atoms with Gasteiger partial charge in [0, 0.05) is 5.56 Å². The number of hydrogen-bond acceptors (Lipinski definition) is 2. The van der Waals surface area contributed by atoms with Crippen LogP contribution < -0.4 is 0 Å². The molecule has 0 aromatic heterocycles. The molecule has 0 fully saturated rings. The maximum atomic E-state index is 11.9. The predicted molar refractivity (Wildman–Crippen MR) is 56.9 cm³/mol. The van der Waals surface area contributed by atoms with Gasteiger partial charge in [0.15, 0.2) is 5.78 Å². The third-order valence-corrected chi connectivity index (χ3v) is 2.46. The summed E-state index contributed by atoms with van der Waals surface area (Å²) in [6.45, 7) is 0. The van der Waals surface area contributed by atoms with Crippen LogP contribution in [0.2, 0.25) is 0 Å². The van der Waals surface area contributed by atoms with Gasteiger partial charge in [-0.3, -0.25) is 9.79 Å². The Morgan fingerprint density at radius 2 is 2.07 bits per heavy atom. The van der Waals surface area contributed by atoms with Gasteiger partial charge in [-0.1, -0.05) is 30.3 Å². The highest BCUT2D eigenvalue weighted by Gasteiger charge is 2.19. The minimum atomic E-state index is -0.133. The summed E-state index contributed by atoms with van der Waals surface area (Å²) in [7, 11) is 0. The molecule has 0 saturated carbocycles. The van der Waals surface area contributed by atoms with Crippen molar-refractivity contribution in [1.82, 2.24) is 0 Å². The van der Waals surface area contributed by atoms with Gasteiger partial charge in [-0.15, -0.1) is 0 Å². The maximum absolute atomic E-state index is 11.9. The molecule has 0 amide bonds. The summed E-state index contributed by atoms with van der Waals surface area (Å²) in [4.78, 5) is 16.1. The second-order valence-corrected chi connectivity index (χ2v) is 3.51. The van der Waals surface area contributed by atoms with Crippen LogP contribution in [0, 0.1) is 0 Å². The van der Waals surface area contributed by atoms with Gasteiger partial charge in [0.1, 0.15) is 6.04 Å². The number of aliphatic imine (C=N–C) groups is 1. The van der Waals surface area contributed by atoms with Gasteiger partial charge in [0.05, 0.1) is 0 Å². The van der Waals surface area contributed by atoms with E-state index < -0.39 is 0 Å². The van der Waals surface area contributed by atoms with E-state index in [1.807, 2.05) is 36.5 Å². The topological polar surface area (TPSA) is 29.4 Å². The number of nitrogens with zero attached hydrogens (tertiary/aromatic N) is 1. The van der Waals surface area contributed by atoms with E-state index in [1.165, 1.54) is 0 Å². The van der Waals surface area contributed by atoms with E-state index in [4.69, 9.17) is 0 Å². The Hall–Kier alpha value is -1.44. The van der Waals surface area contributed by atoms with E-state index in [0.717, 1.165) is 24.8 Å². The van der Waals surface area contributed by atoms with Gasteiger partial charge in [0.2, 0.25) is 0 Å². The van der Waals surface area contributed by atoms with Gasteiger partial charge in [-0.2, -0.15) is 0 Å².